The highest BCUT2D eigenvalue weighted by molar-refractivity contribution is 5.81. The summed E-state index contributed by atoms with van der Waals surface area (Å²) < 4.78 is 15.1. The molecule has 1 aliphatic heterocycles. The van der Waals surface area contributed by atoms with Gasteiger partial charge in [-0.2, -0.15) is 4.98 Å². The lowest BCUT2D eigenvalue weighted by molar-refractivity contribution is -0.122. The predicted octanol–water partition coefficient (Wildman–Crippen LogP) is 0.722. The SMILES string of the molecule is COCC(=O)Cc1nc(C2CCOCC2)no1. The first-order chi connectivity index (χ1) is 8.29. The second-order valence-corrected chi connectivity index (χ2v) is 4.08. The van der Waals surface area contributed by atoms with Gasteiger partial charge in [0.05, 0.1) is 6.42 Å². The number of Topliss-reactive ketones (excluding diaryl/α,β-unsaturated/α-hetero) is 1. The molecular formula is C11H16N2O4. The molecule has 6 nitrogen and oxygen atoms in total. The Bertz CT molecular complexity index is 371. The smallest absolute Gasteiger partial charge is 0.234 e. The molecule has 0 amide bonds. The highest BCUT2D eigenvalue weighted by Gasteiger charge is 2.21. The molecule has 1 aromatic heterocycles. The van der Waals surface area contributed by atoms with Gasteiger partial charge >= 0.3 is 0 Å². The Morgan fingerprint density at radius 3 is 2.94 bits per heavy atom. The topological polar surface area (TPSA) is 74.5 Å². The van der Waals surface area contributed by atoms with Gasteiger partial charge in [0.15, 0.2) is 11.6 Å². The van der Waals surface area contributed by atoms with Crippen molar-refractivity contribution in [2.45, 2.75) is 25.2 Å². The minimum Gasteiger partial charge on any atom is -0.381 e. The van der Waals surface area contributed by atoms with Crippen molar-refractivity contribution in [3.63, 3.8) is 0 Å². The van der Waals surface area contributed by atoms with Gasteiger partial charge in [-0.15, -0.1) is 0 Å². The Kier molecular flexibility index (Phi) is 4.22. The molecule has 2 heterocycles. The number of rotatable bonds is 5. The van der Waals surface area contributed by atoms with Crippen LogP contribution in [0.2, 0.25) is 0 Å². The molecule has 0 unspecified atom stereocenters. The van der Waals surface area contributed by atoms with Crippen LogP contribution in [0.3, 0.4) is 0 Å². The molecular weight excluding hydrogens is 224 g/mol. The summed E-state index contributed by atoms with van der Waals surface area (Å²) in [5.74, 6) is 1.29. The summed E-state index contributed by atoms with van der Waals surface area (Å²) >= 11 is 0. The zero-order chi connectivity index (χ0) is 12.1. The number of aromatic nitrogens is 2. The van der Waals surface area contributed by atoms with E-state index in [1.165, 1.54) is 7.11 Å². The van der Waals surface area contributed by atoms with Gasteiger partial charge in [-0.05, 0) is 12.8 Å². The van der Waals surface area contributed by atoms with Crippen molar-refractivity contribution in [2.24, 2.45) is 0 Å². The molecule has 0 N–H and O–H groups in total. The van der Waals surface area contributed by atoms with Crippen LogP contribution in [0.25, 0.3) is 0 Å². The summed E-state index contributed by atoms with van der Waals surface area (Å²) in [5.41, 5.74) is 0. The van der Waals surface area contributed by atoms with Gasteiger partial charge in [0.25, 0.3) is 0 Å². The summed E-state index contributed by atoms with van der Waals surface area (Å²) in [6.45, 7) is 1.54. The van der Waals surface area contributed by atoms with Crippen LogP contribution in [-0.2, 0) is 20.7 Å². The molecule has 6 heteroatoms. The number of nitrogens with zero attached hydrogens (tertiary/aromatic N) is 2. The first-order valence-corrected chi connectivity index (χ1v) is 5.70. The van der Waals surface area contributed by atoms with Crippen LogP contribution < -0.4 is 0 Å². The van der Waals surface area contributed by atoms with Crippen LogP contribution in [-0.4, -0.2) is 42.9 Å². The Hall–Kier alpha value is -1.27. The van der Waals surface area contributed by atoms with E-state index in [1.807, 2.05) is 0 Å². The first-order valence-electron chi connectivity index (χ1n) is 5.70. The Balaban J connectivity index is 1.93. The van der Waals surface area contributed by atoms with Crippen LogP contribution in [0.4, 0.5) is 0 Å². The molecule has 94 valence electrons. The third kappa shape index (κ3) is 3.34. The largest absolute Gasteiger partial charge is 0.381 e. The average molecular weight is 240 g/mol. The number of ketones is 1. The molecule has 0 spiro atoms. The van der Waals surface area contributed by atoms with Gasteiger partial charge in [0.1, 0.15) is 6.61 Å². The van der Waals surface area contributed by atoms with E-state index in [0.717, 1.165) is 26.1 Å². The lowest BCUT2D eigenvalue weighted by atomic mass is 10.00. The number of carbonyl (C=O) groups excluding carboxylic acids is 1. The van der Waals surface area contributed by atoms with E-state index < -0.39 is 0 Å². The molecule has 1 fully saturated rings. The maximum atomic E-state index is 11.3. The maximum absolute atomic E-state index is 11.3. The zero-order valence-electron chi connectivity index (χ0n) is 9.85. The molecule has 0 atom stereocenters. The minimum absolute atomic E-state index is 0.0605. The third-order valence-corrected chi connectivity index (χ3v) is 2.72. The molecule has 0 radical (unpaired) electrons. The van der Waals surface area contributed by atoms with Crippen LogP contribution in [0.15, 0.2) is 4.52 Å². The number of methoxy groups -OCH3 is 1. The predicted molar refractivity (Wildman–Crippen MR) is 57.7 cm³/mol. The van der Waals surface area contributed by atoms with Gasteiger partial charge in [0.2, 0.25) is 5.89 Å². The second kappa shape index (κ2) is 5.88. The van der Waals surface area contributed by atoms with E-state index in [9.17, 15) is 4.79 Å². The van der Waals surface area contributed by atoms with E-state index in [0.29, 0.717) is 17.6 Å². The van der Waals surface area contributed by atoms with Crippen LogP contribution in [0, 0.1) is 0 Å². The number of ether oxygens (including phenoxy) is 2. The Morgan fingerprint density at radius 1 is 1.47 bits per heavy atom. The lowest BCUT2D eigenvalue weighted by Crippen LogP contribution is -2.15. The quantitative estimate of drug-likeness (QED) is 0.755. The fourth-order valence-electron chi connectivity index (χ4n) is 1.84. The average Bonchev–Trinajstić information content (AvgIpc) is 2.79. The van der Waals surface area contributed by atoms with Gasteiger partial charge in [-0.3, -0.25) is 4.79 Å². The van der Waals surface area contributed by atoms with E-state index in [-0.39, 0.29) is 18.8 Å². The number of carbonyl (C=O) groups is 1. The summed E-state index contributed by atoms with van der Waals surface area (Å²) in [4.78, 5) is 15.6. The highest BCUT2D eigenvalue weighted by Crippen LogP contribution is 2.24. The van der Waals surface area contributed by atoms with Crippen molar-refractivity contribution in [3.05, 3.63) is 11.7 Å². The van der Waals surface area contributed by atoms with Crippen molar-refractivity contribution in [2.75, 3.05) is 26.9 Å². The van der Waals surface area contributed by atoms with Crippen molar-refractivity contribution >= 4 is 5.78 Å². The molecule has 0 bridgehead atoms. The summed E-state index contributed by atoms with van der Waals surface area (Å²) in [6, 6.07) is 0. The van der Waals surface area contributed by atoms with E-state index in [2.05, 4.69) is 10.1 Å². The Labute approximate surface area is 99.3 Å². The molecule has 1 aromatic rings. The fraction of sp³-hybridized carbons (Fsp3) is 0.727. The maximum Gasteiger partial charge on any atom is 0.234 e. The Morgan fingerprint density at radius 2 is 2.24 bits per heavy atom. The van der Waals surface area contributed by atoms with Gasteiger partial charge < -0.3 is 14.0 Å². The summed E-state index contributed by atoms with van der Waals surface area (Å²) in [7, 11) is 1.49. The van der Waals surface area contributed by atoms with Crippen LogP contribution in [0.5, 0.6) is 0 Å². The molecule has 1 aliphatic rings. The third-order valence-electron chi connectivity index (χ3n) is 2.72. The van der Waals surface area contributed by atoms with Crippen molar-refractivity contribution in [1.29, 1.82) is 0 Å². The summed E-state index contributed by atoms with van der Waals surface area (Å²) in [6.07, 6.45) is 1.96. The van der Waals surface area contributed by atoms with E-state index >= 15 is 0 Å². The van der Waals surface area contributed by atoms with Crippen molar-refractivity contribution < 1.29 is 18.8 Å². The summed E-state index contributed by atoms with van der Waals surface area (Å²) in [5, 5.41) is 3.92. The molecule has 0 aromatic carbocycles. The van der Waals surface area contributed by atoms with Crippen molar-refractivity contribution in [3.8, 4) is 0 Å². The molecule has 17 heavy (non-hydrogen) atoms. The van der Waals surface area contributed by atoms with E-state index in [1.54, 1.807) is 0 Å². The number of hydrogen-bond acceptors (Lipinski definition) is 6. The van der Waals surface area contributed by atoms with Gasteiger partial charge in [-0.25, -0.2) is 0 Å². The monoisotopic (exact) mass is 240 g/mol. The van der Waals surface area contributed by atoms with E-state index in [4.69, 9.17) is 14.0 Å². The van der Waals surface area contributed by atoms with Crippen LogP contribution in [0.1, 0.15) is 30.5 Å². The fourth-order valence-corrected chi connectivity index (χ4v) is 1.84. The zero-order valence-corrected chi connectivity index (χ0v) is 9.85. The highest BCUT2D eigenvalue weighted by atomic mass is 16.5. The first kappa shape index (κ1) is 12.2. The van der Waals surface area contributed by atoms with Gasteiger partial charge in [0, 0.05) is 26.2 Å². The molecule has 0 saturated carbocycles. The normalized spacial score (nSPS) is 17.2. The second-order valence-electron chi connectivity index (χ2n) is 4.08. The molecule has 1 saturated heterocycles. The minimum atomic E-state index is -0.0605. The van der Waals surface area contributed by atoms with Crippen molar-refractivity contribution in [1.82, 2.24) is 10.1 Å². The lowest BCUT2D eigenvalue weighted by Gasteiger charge is -2.18. The van der Waals surface area contributed by atoms with Gasteiger partial charge in [-0.1, -0.05) is 5.16 Å². The number of hydrogen-bond donors (Lipinski definition) is 0. The molecule has 2 rings (SSSR count). The molecule has 0 aliphatic carbocycles. The standard InChI is InChI=1S/C11H16N2O4/c1-15-7-9(14)6-10-12-11(13-17-10)8-2-4-16-5-3-8/h8H,2-7H2,1H3. The van der Waals surface area contributed by atoms with Crippen LogP contribution >= 0.6 is 0 Å².